The highest BCUT2D eigenvalue weighted by atomic mass is 31.2. The molecule has 0 aliphatic rings. The first kappa shape index (κ1) is 19.8. The van der Waals surface area contributed by atoms with Gasteiger partial charge in [0, 0.05) is 30.8 Å². The lowest BCUT2D eigenvalue weighted by Crippen LogP contribution is -2.18. The summed E-state index contributed by atoms with van der Waals surface area (Å²) < 4.78 is 22.6. The molecular formula is C16H26N3O3P. The Balaban J connectivity index is 2.45. The van der Waals surface area contributed by atoms with Gasteiger partial charge in [-0.25, -0.2) is 9.65 Å². The lowest BCUT2D eigenvalue weighted by molar-refractivity contribution is 0.211. The molecule has 0 aromatic carbocycles. The Labute approximate surface area is 138 Å². The van der Waals surface area contributed by atoms with Crippen molar-refractivity contribution in [1.82, 2.24) is 10.1 Å². The van der Waals surface area contributed by atoms with Gasteiger partial charge in [-0.1, -0.05) is 6.07 Å². The van der Waals surface area contributed by atoms with Crippen LogP contribution in [-0.2, 0) is 26.5 Å². The predicted molar refractivity (Wildman–Crippen MR) is 90.0 cm³/mol. The van der Waals surface area contributed by atoms with E-state index in [-0.39, 0.29) is 0 Å². The minimum absolute atomic E-state index is 0.334. The summed E-state index contributed by atoms with van der Waals surface area (Å²) in [5, 5.41) is 11.4. The molecule has 0 fully saturated rings. The average molecular weight is 339 g/mol. The molecule has 6 nitrogen and oxygen atoms in total. The summed E-state index contributed by atoms with van der Waals surface area (Å²) >= 11 is 0. The van der Waals surface area contributed by atoms with Crippen LogP contribution in [0.5, 0.6) is 0 Å². The van der Waals surface area contributed by atoms with Crippen molar-refractivity contribution in [3.05, 3.63) is 29.6 Å². The molecule has 0 amide bonds. The highest BCUT2D eigenvalue weighted by molar-refractivity contribution is 7.51. The van der Waals surface area contributed by atoms with Crippen molar-refractivity contribution in [2.24, 2.45) is 0 Å². The van der Waals surface area contributed by atoms with Gasteiger partial charge in [0.1, 0.15) is 0 Å². The van der Waals surface area contributed by atoms with E-state index in [2.05, 4.69) is 16.1 Å². The van der Waals surface area contributed by atoms with Crippen molar-refractivity contribution in [2.75, 3.05) is 19.8 Å². The molecule has 0 saturated heterocycles. The molecule has 0 aliphatic carbocycles. The molecular weight excluding hydrogens is 313 g/mol. The van der Waals surface area contributed by atoms with E-state index in [1.807, 2.05) is 18.2 Å². The Morgan fingerprint density at radius 3 is 2.43 bits per heavy atom. The fraction of sp³-hybridized carbons (Fsp3) is 0.625. The minimum Gasteiger partial charge on any atom is -0.297 e. The molecule has 1 N–H and O–H groups in total. The first-order valence-electron chi connectivity index (χ1n) is 8.09. The monoisotopic (exact) mass is 339 g/mol. The van der Waals surface area contributed by atoms with E-state index in [0.717, 1.165) is 30.7 Å². The van der Waals surface area contributed by atoms with Crippen LogP contribution in [0.1, 0.15) is 44.5 Å². The molecule has 7 heteroatoms. The summed E-state index contributed by atoms with van der Waals surface area (Å²) in [7, 11) is -3.20. The Kier molecular flexibility index (Phi) is 9.74. The highest BCUT2D eigenvalue weighted by Crippen LogP contribution is 2.42. The third kappa shape index (κ3) is 8.24. The first-order chi connectivity index (χ1) is 11.1. The molecule has 128 valence electrons. The predicted octanol–water partition coefficient (Wildman–Crippen LogP) is 3.63. The standard InChI is InChI=1S/C16H26N3O3P/c1-3-21-23(20,22-4-2)18-14-12-16-11-8-10-15(19-16)9-6-5-7-13-17/h8,10-11H,3-7,9,12,14H2,1-2H3,(H,18,20). The molecule has 0 atom stereocenters. The van der Waals surface area contributed by atoms with Crippen LogP contribution < -0.4 is 5.09 Å². The van der Waals surface area contributed by atoms with Gasteiger partial charge in [0.15, 0.2) is 0 Å². The fourth-order valence-corrected chi connectivity index (χ4v) is 3.43. The molecule has 1 aromatic rings. The van der Waals surface area contributed by atoms with E-state index >= 15 is 0 Å². The van der Waals surface area contributed by atoms with E-state index in [1.165, 1.54) is 0 Å². The van der Waals surface area contributed by atoms with E-state index in [4.69, 9.17) is 14.3 Å². The van der Waals surface area contributed by atoms with Gasteiger partial charge in [-0.3, -0.25) is 14.0 Å². The molecule has 1 heterocycles. The Bertz CT molecular complexity index is 536. The van der Waals surface area contributed by atoms with Gasteiger partial charge in [-0.15, -0.1) is 0 Å². The molecule has 0 spiro atoms. The normalized spacial score (nSPS) is 11.3. The first-order valence-corrected chi connectivity index (χ1v) is 9.63. The molecule has 1 rings (SSSR count). The molecule has 0 unspecified atom stereocenters. The van der Waals surface area contributed by atoms with Gasteiger partial charge in [-0.05, 0) is 45.2 Å². The van der Waals surface area contributed by atoms with Crippen molar-refractivity contribution < 1.29 is 13.6 Å². The van der Waals surface area contributed by atoms with Gasteiger partial charge >= 0.3 is 7.75 Å². The van der Waals surface area contributed by atoms with Gasteiger partial charge in [-0.2, -0.15) is 5.26 Å². The topological polar surface area (TPSA) is 84.2 Å². The summed E-state index contributed by atoms with van der Waals surface area (Å²) in [5.74, 6) is 0. The number of hydrogen-bond donors (Lipinski definition) is 1. The van der Waals surface area contributed by atoms with Crippen LogP contribution >= 0.6 is 7.75 Å². The van der Waals surface area contributed by atoms with Crippen molar-refractivity contribution in [3.8, 4) is 6.07 Å². The van der Waals surface area contributed by atoms with Crippen LogP contribution in [0.3, 0.4) is 0 Å². The van der Waals surface area contributed by atoms with Crippen LogP contribution in [0.4, 0.5) is 0 Å². The zero-order chi connectivity index (χ0) is 17.0. The SMILES string of the molecule is CCOP(=O)(NCCc1cccc(CCCCC#N)n1)OCC. The molecule has 23 heavy (non-hydrogen) atoms. The fourth-order valence-electron chi connectivity index (χ4n) is 2.11. The second-order valence-corrected chi connectivity index (χ2v) is 6.80. The van der Waals surface area contributed by atoms with Crippen molar-refractivity contribution in [2.45, 2.75) is 46.0 Å². The summed E-state index contributed by atoms with van der Waals surface area (Å²) in [6, 6.07) is 8.07. The minimum atomic E-state index is -3.20. The lowest BCUT2D eigenvalue weighted by atomic mass is 10.1. The van der Waals surface area contributed by atoms with Gasteiger partial charge in [0.2, 0.25) is 0 Å². The molecule has 0 radical (unpaired) electrons. The maximum Gasteiger partial charge on any atom is 0.405 e. The van der Waals surface area contributed by atoms with Crippen molar-refractivity contribution >= 4 is 7.75 Å². The van der Waals surface area contributed by atoms with Crippen LogP contribution in [-0.4, -0.2) is 24.7 Å². The summed E-state index contributed by atoms with van der Waals surface area (Å²) in [6.45, 7) is 4.71. The summed E-state index contributed by atoms with van der Waals surface area (Å²) in [5.41, 5.74) is 1.97. The Hall–Kier alpha value is -1.25. The van der Waals surface area contributed by atoms with Crippen LogP contribution in [0.15, 0.2) is 18.2 Å². The Morgan fingerprint density at radius 2 is 1.83 bits per heavy atom. The maximum absolute atomic E-state index is 12.3. The number of nitrogens with zero attached hydrogens (tertiary/aromatic N) is 2. The Morgan fingerprint density at radius 1 is 1.17 bits per heavy atom. The van der Waals surface area contributed by atoms with Crippen LogP contribution in [0, 0.1) is 11.3 Å². The quantitative estimate of drug-likeness (QED) is 0.462. The molecule has 0 saturated carbocycles. The number of aromatic nitrogens is 1. The van der Waals surface area contributed by atoms with Crippen molar-refractivity contribution in [3.63, 3.8) is 0 Å². The van der Waals surface area contributed by atoms with Crippen molar-refractivity contribution in [1.29, 1.82) is 5.26 Å². The molecule has 0 bridgehead atoms. The van der Waals surface area contributed by atoms with Crippen LogP contribution in [0.2, 0.25) is 0 Å². The average Bonchev–Trinajstić information content (AvgIpc) is 2.52. The van der Waals surface area contributed by atoms with E-state index in [9.17, 15) is 4.57 Å². The maximum atomic E-state index is 12.3. The largest absolute Gasteiger partial charge is 0.405 e. The smallest absolute Gasteiger partial charge is 0.297 e. The third-order valence-corrected chi connectivity index (χ3v) is 4.93. The lowest BCUT2D eigenvalue weighted by Gasteiger charge is -2.17. The summed E-state index contributed by atoms with van der Waals surface area (Å²) in [4.78, 5) is 4.59. The van der Waals surface area contributed by atoms with Crippen LogP contribution in [0.25, 0.3) is 0 Å². The number of pyridine rings is 1. The number of nitrogens with one attached hydrogen (secondary N) is 1. The number of nitriles is 1. The second-order valence-electron chi connectivity index (χ2n) is 4.98. The number of rotatable bonds is 12. The van der Waals surface area contributed by atoms with Gasteiger partial charge in [0.25, 0.3) is 0 Å². The van der Waals surface area contributed by atoms with Gasteiger partial charge < -0.3 is 0 Å². The van der Waals surface area contributed by atoms with E-state index in [1.54, 1.807) is 13.8 Å². The van der Waals surface area contributed by atoms with E-state index < -0.39 is 7.75 Å². The second kappa shape index (κ2) is 11.3. The zero-order valence-corrected chi connectivity index (χ0v) is 14.8. The number of aryl methyl sites for hydroxylation is 1. The third-order valence-electron chi connectivity index (χ3n) is 3.12. The number of unbranched alkanes of at least 4 members (excludes halogenated alkanes) is 2. The molecule has 0 aliphatic heterocycles. The van der Waals surface area contributed by atoms with Gasteiger partial charge in [0.05, 0.1) is 19.3 Å². The number of hydrogen-bond acceptors (Lipinski definition) is 5. The highest BCUT2D eigenvalue weighted by Gasteiger charge is 2.22. The van der Waals surface area contributed by atoms with E-state index in [0.29, 0.717) is 32.6 Å². The summed E-state index contributed by atoms with van der Waals surface area (Å²) in [6.07, 6.45) is 3.98. The molecule has 1 aromatic heterocycles. The zero-order valence-electron chi connectivity index (χ0n) is 14.0.